The van der Waals surface area contributed by atoms with Gasteiger partial charge in [-0.05, 0) is 30.7 Å². The molecule has 0 amide bonds. The summed E-state index contributed by atoms with van der Waals surface area (Å²) in [7, 11) is 0. The molecule has 80 valence electrons. The Hall–Kier alpha value is -1.29. The van der Waals surface area contributed by atoms with E-state index < -0.39 is 5.97 Å². The number of benzene rings is 1. The highest BCUT2D eigenvalue weighted by Crippen LogP contribution is 2.17. The van der Waals surface area contributed by atoms with Crippen LogP contribution in [-0.2, 0) is 0 Å². The zero-order valence-corrected chi connectivity index (χ0v) is 9.97. The van der Waals surface area contributed by atoms with Crippen LogP contribution in [0, 0.1) is 6.92 Å². The van der Waals surface area contributed by atoms with E-state index in [4.69, 9.17) is 5.11 Å². The molecular weight excluding hydrogens is 258 g/mol. The van der Waals surface area contributed by atoms with Gasteiger partial charge in [0.05, 0.1) is 5.56 Å². The molecule has 0 heterocycles. The van der Waals surface area contributed by atoms with Crippen molar-refractivity contribution in [2.75, 3.05) is 11.9 Å². The second-order valence-electron chi connectivity index (χ2n) is 3.21. The summed E-state index contributed by atoms with van der Waals surface area (Å²) in [5, 5.41) is 11.9. The maximum Gasteiger partial charge on any atom is 0.335 e. The molecule has 4 heteroatoms. The molecule has 0 unspecified atom stereocenters. The minimum atomic E-state index is -0.908. The van der Waals surface area contributed by atoms with Crippen LogP contribution in [0.4, 0.5) is 5.69 Å². The van der Waals surface area contributed by atoms with E-state index in [9.17, 15) is 4.79 Å². The number of rotatable bonds is 4. The van der Waals surface area contributed by atoms with E-state index in [1.807, 2.05) is 6.92 Å². The summed E-state index contributed by atoms with van der Waals surface area (Å²) in [4.78, 5) is 10.7. The summed E-state index contributed by atoms with van der Waals surface area (Å²) in [6.45, 7) is 6.19. The van der Waals surface area contributed by atoms with Crippen LogP contribution in [0.1, 0.15) is 15.9 Å². The maximum absolute atomic E-state index is 10.7. The molecule has 2 N–H and O–H groups in total. The Morgan fingerprint density at radius 2 is 2.27 bits per heavy atom. The van der Waals surface area contributed by atoms with Crippen molar-refractivity contribution in [1.29, 1.82) is 0 Å². The molecule has 0 aliphatic heterocycles. The first-order chi connectivity index (χ1) is 7.00. The fourth-order valence-corrected chi connectivity index (χ4v) is 1.33. The molecular formula is C11H12BrNO2. The molecule has 0 spiro atoms. The SMILES string of the molecule is C=C(Br)CNc1ccc(C(=O)O)cc1C. The van der Waals surface area contributed by atoms with Crippen LogP contribution in [0.25, 0.3) is 0 Å². The van der Waals surface area contributed by atoms with Crippen LogP contribution in [0.3, 0.4) is 0 Å². The Balaban J connectivity index is 2.83. The lowest BCUT2D eigenvalue weighted by atomic mass is 10.1. The van der Waals surface area contributed by atoms with Gasteiger partial charge in [-0.3, -0.25) is 0 Å². The van der Waals surface area contributed by atoms with Crippen molar-refractivity contribution in [2.24, 2.45) is 0 Å². The van der Waals surface area contributed by atoms with E-state index in [0.29, 0.717) is 12.1 Å². The number of carboxylic acids is 1. The van der Waals surface area contributed by atoms with Crippen molar-refractivity contribution in [2.45, 2.75) is 6.92 Å². The third kappa shape index (κ3) is 3.40. The van der Waals surface area contributed by atoms with E-state index in [0.717, 1.165) is 15.7 Å². The van der Waals surface area contributed by atoms with Crippen LogP contribution < -0.4 is 5.32 Å². The molecule has 0 saturated heterocycles. The van der Waals surface area contributed by atoms with E-state index in [1.165, 1.54) is 0 Å². The molecule has 0 bridgehead atoms. The van der Waals surface area contributed by atoms with Crippen LogP contribution in [-0.4, -0.2) is 17.6 Å². The first-order valence-corrected chi connectivity index (χ1v) is 5.21. The molecule has 0 saturated carbocycles. The van der Waals surface area contributed by atoms with Crippen molar-refractivity contribution in [3.8, 4) is 0 Å². The maximum atomic E-state index is 10.7. The number of nitrogens with one attached hydrogen (secondary N) is 1. The molecule has 15 heavy (non-hydrogen) atoms. The van der Waals surface area contributed by atoms with Gasteiger partial charge >= 0.3 is 5.97 Å². The third-order valence-corrected chi connectivity index (χ3v) is 2.22. The number of anilines is 1. The second kappa shape index (κ2) is 4.98. The van der Waals surface area contributed by atoms with E-state index in [2.05, 4.69) is 27.8 Å². The average molecular weight is 270 g/mol. The summed E-state index contributed by atoms with van der Waals surface area (Å²) in [6, 6.07) is 4.98. The Labute approximate surface area is 96.9 Å². The smallest absolute Gasteiger partial charge is 0.335 e. The van der Waals surface area contributed by atoms with Gasteiger partial charge in [-0.15, -0.1) is 0 Å². The van der Waals surface area contributed by atoms with Crippen molar-refractivity contribution in [3.63, 3.8) is 0 Å². The summed E-state index contributed by atoms with van der Waals surface area (Å²) < 4.78 is 0.851. The summed E-state index contributed by atoms with van der Waals surface area (Å²) >= 11 is 3.24. The Kier molecular flexibility index (Phi) is 3.91. The first kappa shape index (κ1) is 11.8. The third-order valence-electron chi connectivity index (χ3n) is 1.94. The largest absolute Gasteiger partial charge is 0.478 e. The number of aryl methyl sites for hydroxylation is 1. The van der Waals surface area contributed by atoms with Gasteiger partial charge in [0.15, 0.2) is 0 Å². The molecule has 1 rings (SSSR count). The Bertz CT molecular complexity index is 402. The number of carboxylic acid groups (broad SMARTS) is 1. The van der Waals surface area contributed by atoms with E-state index >= 15 is 0 Å². The van der Waals surface area contributed by atoms with Crippen LogP contribution >= 0.6 is 15.9 Å². The van der Waals surface area contributed by atoms with Crippen molar-refractivity contribution in [1.82, 2.24) is 0 Å². The zero-order valence-electron chi connectivity index (χ0n) is 8.38. The lowest BCUT2D eigenvalue weighted by Gasteiger charge is -2.09. The predicted molar refractivity (Wildman–Crippen MR) is 64.7 cm³/mol. The topological polar surface area (TPSA) is 49.3 Å². The minimum Gasteiger partial charge on any atom is -0.478 e. The monoisotopic (exact) mass is 269 g/mol. The van der Waals surface area contributed by atoms with Gasteiger partial charge in [-0.25, -0.2) is 4.79 Å². The van der Waals surface area contributed by atoms with Gasteiger partial charge in [0, 0.05) is 16.7 Å². The number of aromatic carboxylic acids is 1. The lowest BCUT2D eigenvalue weighted by molar-refractivity contribution is 0.0697. The second-order valence-corrected chi connectivity index (χ2v) is 4.33. The van der Waals surface area contributed by atoms with Gasteiger partial charge in [0.1, 0.15) is 0 Å². The number of carbonyl (C=O) groups is 1. The number of hydrogen-bond donors (Lipinski definition) is 2. The molecule has 0 aliphatic rings. The van der Waals surface area contributed by atoms with Crippen molar-refractivity contribution >= 4 is 27.6 Å². The fraction of sp³-hybridized carbons (Fsp3) is 0.182. The van der Waals surface area contributed by atoms with Gasteiger partial charge in [0.25, 0.3) is 0 Å². The molecule has 0 atom stereocenters. The fourth-order valence-electron chi connectivity index (χ4n) is 1.19. The summed E-state index contributed by atoms with van der Waals surface area (Å²) in [6.07, 6.45) is 0. The van der Waals surface area contributed by atoms with Gasteiger partial charge in [-0.2, -0.15) is 0 Å². The average Bonchev–Trinajstić information content (AvgIpc) is 2.15. The predicted octanol–water partition coefficient (Wildman–Crippen LogP) is 3.01. The van der Waals surface area contributed by atoms with E-state index in [1.54, 1.807) is 18.2 Å². The number of halogens is 1. The highest BCUT2D eigenvalue weighted by Gasteiger charge is 2.04. The zero-order chi connectivity index (χ0) is 11.4. The van der Waals surface area contributed by atoms with Crippen LogP contribution in [0.15, 0.2) is 29.3 Å². The molecule has 1 aromatic rings. The molecule has 1 aromatic carbocycles. The standard InChI is InChI=1S/C11H12BrNO2/c1-7-5-9(11(14)15)3-4-10(7)13-6-8(2)12/h3-5,13H,2,6H2,1H3,(H,14,15). The molecule has 3 nitrogen and oxygen atoms in total. The lowest BCUT2D eigenvalue weighted by Crippen LogP contribution is -2.04. The number of hydrogen-bond acceptors (Lipinski definition) is 2. The van der Waals surface area contributed by atoms with Gasteiger partial charge < -0.3 is 10.4 Å². The normalized spacial score (nSPS) is 9.73. The van der Waals surface area contributed by atoms with Crippen molar-refractivity contribution < 1.29 is 9.90 Å². The molecule has 0 aliphatic carbocycles. The summed E-state index contributed by atoms with van der Waals surface area (Å²) in [5.41, 5.74) is 2.12. The van der Waals surface area contributed by atoms with Crippen LogP contribution in [0.5, 0.6) is 0 Å². The van der Waals surface area contributed by atoms with Gasteiger partial charge in [-0.1, -0.05) is 22.5 Å². The minimum absolute atomic E-state index is 0.302. The molecule has 0 aromatic heterocycles. The summed E-state index contributed by atoms with van der Waals surface area (Å²) in [5.74, 6) is -0.908. The first-order valence-electron chi connectivity index (χ1n) is 4.42. The van der Waals surface area contributed by atoms with Crippen molar-refractivity contribution in [3.05, 3.63) is 40.4 Å². The van der Waals surface area contributed by atoms with Crippen LogP contribution in [0.2, 0.25) is 0 Å². The highest BCUT2D eigenvalue weighted by molar-refractivity contribution is 9.11. The van der Waals surface area contributed by atoms with Gasteiger partial charge in [0.2, 0.25) is 0 Å². The Morgan fingerprint density at radius 1 is 1.60 bits per heavy atom. The molecule has 0 fully saturated rings. The quantitative estimate of drug-likeness (QED) is 0.884. The van der Waals surface area contributed by atoms with E-state index in [-0.39, 0.29) is 0 Å². The Morgan fingerprint density at radius 3 is 2.73 bits per heavy atom. The highest BCUT2D eigenvalue weighted by atomic mass is 79.9. The molecule has 0 radical (unpaired) electrons.